The van der Waals surface area contributed by atoms with Crippen LogP contribution in [0.5, 0.6) is 17.2 Å². The standard InChI is InChI=1S/C52H47N2O4P/c1-51(2,3)32-22-25-41-38(28-32)39-29-33(52(4,5)6)23-26-42(39)53(41)35-24-27-43-40(30-35)48-49(54(43)34-16-10-9-11-17-34)45(56-7)31-47(50(48)57-8)59(55)46-21-15-13-19-37(46)36-18-12-14-20-44(36)58-59/h9-31H,1-8H3. The van der Waals surface area contributed by atoms with E-state index in [2.05, 4.69) is 117 Å². The predicted octanol–water partition coefficient (Wildman–Crippen LogP) is 12.8. The Bertz CT molecular complexity index is 3140. The van der Waals surface area contributed by atoms with Crippen molar-refractivity contribution in [3.8, 4) is 39.8 Å². The minimum atomic E-state index is -3.81. The van der Waals surface area contributed by atoms with Crippen LogP contribution < -0.4 is 24.6 Å². The average molecular weight is 795 g/mol. The molecule has 0 saturated heterocycles. The highest BCUT2D eigenvalue weighted by Gasteiger charge is 2.42. The first-order valence-corrected chi connectivity index (χ1v) is 21.8. The van der Waals surface area contributed by atoms with E-state index in [9.17, 15) is 0 Å². The van der Waals surface area contributed by atoms with Crippen LogP contribution in [0.3, 0.4) is 0 Å². The number of fused-ring (bicyclic) bond motifs is 9. The third kappa shape index (κ3) is 5.57. The Labute approximate surface area is 345 Å². The predicted molar refractivity (Wildman–Crippen MR) is 245 cm³/mol. The molecule has 1 atom stereocenters. The molecule has 1 aliphatic rings. The van der Waals surface area contributed by atoms with Gasteiger partial charge >= 0.3 is 7.37 Å². The third-order valence-electron chi connectivity index (χ3n) is 12.0. The largest absolute Gasteiger partial charge is 0.495 e. The molecule has 10 rings (SSSR count). The van der Waals surface area contributed by atoms with Crippen molar-refractivity contribution in [1.82, 2.24) is 9.13 Å². The summed E-state index contributed by atoms with van der Waals surface area (Å²) in [5.41, 5.74) is 10.3. The van der Waals surface area contributed by atoms with E-state index in [1.807, 2.05) is 72.8 Å². The summed E-state index contributed by atoms with van der Waals surface area (Å²) >= 11 is 0. The van der Waals surface area contributed by atoms with E-state index >= 15 is 4.57 Å². The first-order valence-electron chi connectivity index (χ1n) is 20.2. The van der Waals surface area contributed by atoms with Crippen LogP contribution in [0, 0.1) is 0 Å². The van der Waals surface area contributed by atoms with Crippen LogP contribution in [-0.2, 0) is 15.4 Å². The van der Waals surface area contributed by atoms with E-state index in [-0.39, 0.29) is 10.8 Å². The second-order valence-corrected chi connectivity index (χ2v) is 19.9. The summed E-state index contributed by atoms with van der Waals surface area (Å²) in [5.74, 6) is 1.62. The van der Waals surface area contributed by atoms with Gasteiger partial charge in [-0.25, -0.2) is 0 Å². The minimum absolute atomic E-state index is 0.0119. The Morgan fingerprint density at radius 1 is 0.525 bits per heavy atom. The van der Waals surface area contributed by atoms with Gasteiger partial charge in [0.2, 0.25) is 0 Å². The van der Waals surface area contributed by atoms with E-state index < -0.39 is 7.37 Å². The Kier molecular flexibility index (Phi) is 8.26. The van der Waals surface area contributed by atoms with Gasteiger partial charge in [0.25, 0.3) is 0 Å². The summed E-state index contributed by atoms with van der Waals surface area (Å²) in [6.45, 7) is 13.6. The third-order valence-corrected chi connectivity index (χ3v) is 14.5. The number of para-hydroxylation sites is 2. The number of hydrogen-bond donors (Lipinski definition) is 0. The molecule has 9 aromatic rings. The van der Waals surface area contributed by atoms with Gasteiger partial charge in [-0.05, 0) is 94.3 Å². The second kappa shape index (κ2) is 13.1. The van der Waals surface area contributed by atoms with Gasteiger partial charge in [-0.3, -0.25) is 4.57 Å². The first-order chi connectivity index (χ1) is 28.3. The van der Waals surface area contributed by atoms with Gasteiger partial charge in [-0.1, -0.05) is 108 Å². The van der Waals surface area contributed by atoms with Crippen molar-refractivity contribution in [2.45, 2.75) is 52.4 Å². The molecular formula is C52H47N2O4P. The SMILES string of the molecule is COc1c(P2(=O)Oc3ccccc3-c3ccccc32)cc(OC)c2c1c1cc(-n3c4ccc(C(C)(C)C)cc4c4cc(C(C)(C)C)ccc43)ccc1n2-c1ccccc1. The molecule has 1 aliphatic heterocycles. The second-order valence-electron chi connectivity index (χ2n) is 17.7. The molecule has 0 aliphatic carbocycles. The lowest BCUT2D eigenvalue weighted by Gasteiger charge is -2.30. The molecule has 3 heterocycles. The van der Waals surface area contributed by atoms with Crippen molar-refractivity contribution in [1.29, 1.82) is 0 Å². The van der Waals surface area contributed by atoms with Gasteiger partial charge in [-0.15, -0.1) is 0 Å². The Morgan fingerprint density at radius 2 is 1.10 bits per heavy atom. The summed E-state index contributed by atoms with van der Waals surface area (Å²) in [6.07, 6.45) is 0. The van der Waals surface area contributed by atoms with Crippen molar-refractivity contribution < 1.29 is 18.6 Å². The summed E-state index contributed by atoms with van der Waals surface area (Å²) in [7, 11) is -0.487. The van der Waals surface area contributed by atoms with Gasteiger partial charge in [-0.2, -0.15) is 0 Å². The quantitative estimate of drug-likeness (QED) is 0.163. The number of ether oxygens (including phenoxy) is 2. The van der Waals surface area contributed by atoms with Crippen molar-refractivity contribution in [3.05, 3.63) is 151 Å². The van der Waals surface area contributed by atoms with Crippen LogP contribution in [0.1, 0.15) is 52.7 Å². The highest BCUT2D eigenvalue weighted by Crippen LogP contribution is 2.57. The zero-order chi connectivity index (χ0) is 41.0. The van der Waals surface area contributed by atoms with Crippen LogP contribution >= 0.6 is 7.37 Å². The Morgan fingerprint density at radius 3 is 1.73 bits per heavy atom. The van der Waals surface area contributed by atoms with Crippen molar-refractivity contribution in [2.75, 3.05) is 14.2 Å². The number of aromatic nitrogens is 2. The van der Waals surface area contributed by atoms with Gasteiger partial charge in [0.05, 0.1) is 46.8 Å². The van der Waals surface area contributed by atoms with Crippen LogP contribution in [0.2, 0.25) is 0 Å². The molecule has 59 heavy (non-hydrogen) atoms. The summed E-state index contributed by atoms with van der Waals surface area (Å²) in [4.78, 5) is 0. The van der Waals surface area contributed by atoms with Crippen LogP contribution in [0.4, 0.5) is 0 Å². The molecule has 0 N–H and O–H groups in total. The van der Waals surface area contributed by atoms with Crippen LogP contribution in [0.25, 0.3) is 66.1 Å². The number of nitrogens with zero attached hydrogens (tertiary/aromatic N) is 2. The van der Waals surface area contributed by atoms with Crippen molar-refractivity contribution in [2.24, 2.45) is 0 Å². The molecule has 0 amide bonds. The lowest BCUT2D eigenvalue weighted by atomic mass is 9.85. The molecule has 0 spiro atoms. The molecule has 0 saturated carbocycles. The van der Waals surface area contributed by atoms with Gasteiger partial charge in [0.15, 0.2) is 0 Å². The van der Waals surface area contributed by atoms with E-state index in [0.29, 0.717) is 27.9 Å². The minimum Gasteiger partial charge on any atom is -0.495 e. The fraction of sp³-hybridized carbons (Fsp3) is 0.192. The van der Waals surface area contributed by atoms with Gasteiger partial charge in [0.1, 0.15) is 22.8 Å². The molecule has 0 radical (unpaired) electrons. The molecular weight excluding hydrogens is 748 g/mol. The topological polar surface area (TPSA) is 54.6 Å². The number of rotatable bonds is 5. The van der Waals surface area contributed by atoms with Crippen molar-refractivity contribution in [3.63, 3.8) is 0 Å². The number of methoxy groups -OCH3 is 2. The highest BCUT2D eigenvalue weighted by atomic mass is 31.2. The smallest absolute Gasteiger partial charge is 0.311 e. The van der Waals surface area contributed by atoms with Gasteiger partial charge < -0.3 is 23.1 Å². The van der Waals surface area contributed by atoms with Crippen molar-refractivity contribution >= 4 is 61.6 Å². The Balaban J connectivity index is 1.32. The normalized spacial score (nSPS) is 15.4. The molecule has 1 unspecified atom stereocenters. The van der Waals surface area contributed by atoms with E-state index in [1.165, 1.54) is 21.9 Å². The molecule has 7 aromatic carbocycles. The first kappa shape index (κ1) is 37.1. The molecule has 0 fully saturated rings. The summed E-state index contributed by atoms with van der Waals surface area (Å²) in [6, 6.07) is 48.2. The monoisotopic (exact) mass is 794 g/mol. The fourth-order valence-electron chi connectivity index (χ4n) is 9.02. The zero-order valence-electron chi connectivity index (χ0n) is 34.8. The average Bonchev–Trinajstić information content (AvgIpc) is 3.75. The molecule has 294 valence electrons. The van der Waals surface area contributed by atoms with Crippen LogP contribution in [-0.4, -0.2) is 23.4 Å². The fourth-order valence-corrected chi connectivity index (χ4v) is 11.5. The summed E-state index contributed by atoms with van der Waals surface area (Å²) in [5, 5.41) is 5.24. The van der Waals surface area contributed by atoms with E-state index in [1.54, 1.807) is 14.2 Å². The number of hydrogen-bond acceptors (Lipinski definition) is 4. The zero-order valence-corrected chi connectivity index (χ0v) is 35.6. The van der Waals surface area contributed by atoms with Crippen LogP contribution in [0.15, 0.2) is 140 Å². The maximum absolute atomic E-state index is 15.9. The number of benzene rings is 7. The maximum Gasteiger partial charge on any atom is 0.311 e. The van der Waals surface area contributed by atoms with E-state index in [4.69, 9.17) is 14.0 Å². The summed E-state index contributed by atoms with van der Waals surface area (Å²) < 4.78 is 39.9. The molecule has 2 aromatic heterocycles. The Hall–Kier alpha value is -6.23. The molecule has 6 nitrogen and oxygen atoms in total. The lowest BCUT2D eigenvalue weighted by Crippen LogP contribution is -2.26. The molecule has 0 bridgehead atoms. The maximum atomic E-state index is 15.9. The lowest BCUT2D eigenvalue weighted by molar-refractivity contribution is 0.411. The molecule has 7 heteroatoms. The van der Waals surface area contributed by atoms with E-state index in [0.717, 1.165) is 55.3 Å². The highest BCUT2D eigenvalue weighted by molar-refractivity contribution is 7.75. The van der Waals surface area contributed by atoms with Gasteiger partial charge in [0, 0.05) is 39.2 Å².